The van der Waals surface area contributed by atoms with Crippen LogP contribution in [0.1, 0.15) is 47.8 Å². The zero-order valence-corrected chi connectivity index (χ0v) is 16.8. The summed E-state index contributed by atoms with van der Waals surface area (Å²) in [4.78, 5) is 17.1. The van der Waals surface area contributed by atoms with Gasteiger partial charge in [-0.25, -0.2) is 23.1 Å². The Morgan fingerprint density at radius 1 is 1.17 bits per heavy atom. The van der Waals surface area contributed by atoms with Crippen molar-refractivity contribution in [1.29, 1.82) is 0 Å². The van der Waals surface area contributed by atoms with Gasteiger partial charge in [-0.05, 0) is 25.0 Å². The first-order chi connectivity index (χ1) is 13.8. The zero-order chi connectivity index (χ0) is 21.1. The highest BCUT2D eigenvalue weighted by Crippen LogP contribution is 2.31. The molecule has 6 nitrogen and oxygen atoms in total. The molecule has 8 heteroatoms. The van der Waals surface area contributed by atoms with Gasteiger partial charge in [-0.2, -0.15) is 5.10 Å². The second-order valence-electron chi connectivity index (χ2n) is 7.05. The molecule has 0 radical (unpaired) electrons. The third-order valence-electron chi connectivity index (χ3n) is 4.52. The molecule has 154 valence electrons. The Labute approximate surface area is 167 Å². The van der Waals surface area contributed by atoms with Gasteiger partial charge in [0.25, 0.3) is 0 Å². The van der Waals surface area contributed by atoms with E-state index in [0.29, 0.717) is 46.8 Å². The molecular formula is C21H23F2N3O3. The number of aromatic nitrogens is 3. The van der Waals surface area contributed by atoms with Gasteiger partial charge in [0, 0.05) is 37.3 Å². The van der Waals surface area contributed by atoms with E-state index in [1.807, 2.05) is 13.8 Å². The monoisotopic (exact) mass is 403 g/mol. The number of fused-ring (bicyclic) bond motifs is 1. The number of nitrogens with zero attached hydrogens (tertiary/aromatic N) is 3. The van der Waals surface area contributed by atoms with Crippen LogP contribution in [0.4, 0.5) is 8.78 Å². The fraction of sp³-hybridized carbons (Fsp3) is 0.381. The molecule has 0 aliphatic carbocycles. The van der Waals surface area contributed by atoms with Gasteiger partial charge in [0.05, 0.1) is 29.8 Å². The Morgan fingerprint density at radius 2 is 1.86 bits per heavy atom. The second kappa shape index (κ2) is 8.65. The van der Waals surface area contributed by atoms with Gasteiger partial charge in [0.15, 0.2) is 5.65 Å². The minimum absolute atomic E-state index is 0.0547. The molecule has 3 aromatic rings. The molecule has 0 bridgehead atoms. The molecule has 29 heavy (non-hydrogen) atoms. The van der Waals surface area contributed by atoms with Crippen LogP contribution in [0.25, 0.3) is 16.9 Å². The van der Waals surface area contributed by atoms with E-state index in [4.69, 9.17) is 9.47 Å². The fourth-order valence-corrected chi connectivity index (χ4v) is 3.31. The summed E-state index contributed by atoms with van der Waals surface area (Å²) in [6.45, 7) is 6.33. The van der Waals surface area contributed by atoms with Crippen LogP contribution < -0.4 is 0 Å². The number of halogens is 2. The molecule has 0 aliphatic rings. The van der Waals surface area contributed by atoms with Gasteiger partial charge in [0.2, 0.25) is 0 Å². The van der Waals surface area contributed by atoms with Gasteiger partial charge >= 0.3 is 5.97 Å². The molecule has 0 spiro atoms. The quantitative estimate of drug-likeness (QED) is 0.435. The Balaban J connectivity index is 2.10. The van der Waals surface area contributed by atoms with E-state index in [0.717, 1.165) is 6.07 Å². The lowest BCUT2D eigenvalue weighted by Gasteiger charge is -2.13. The first-order valence-electron chi connectivity index (χ1n) is 9.34. The molecule has 1 aromatic carbocycles. The predicted molar refractivity (Wildman–Crippen MR) is 104 cm³/mol. The molecule has 0 saturated carbocycles. The molecule has 2 heterocycles. The van der Waals surface area contributed by atoms with Crippen LogP contribution in [0.2, 0.25) is 0 Å². The van der Waals surface area contributed by atoms with Crippen LogP contribution in [-0.2, 0) is 9.47 Å². The third-order valence-corrected chi connectivity index (χ3v) is 4.52. The van der Waals surface area contributed by atoms with Gasteiger partial charge in [-0.3, -0.25) is 0 Å². The summed E-state index contributed by atoms with van der Waals surface area (Å²) < 4.78 is 39.3. The molecule has 3 rings (SSSR count). The van der Waals surface area contributed by atoms with Gasteiger partial charge < -0.3 is 9.47 Å². The highest BCUT2D eigenvalue weighted by atomic mass is 19.1. The van der Waals surface area contributed by atoms with Gasteiger partial charge in [-0.1, -0.05) is 13.8 Å². The zero-order valence-electron chi connectivity index (χ0n) is 16.8. The van der Waals surface area contributed by atoms with E-state index in [-0.39, 0.29) is 12.5 Å². The maximum atomic E-state index is 13.7. The van der Waals surface area contributed by atoms with Crippen LogP contribution in [0.15, 0.2) is 24.4 Å². The topological polar surface area (TPSA) is 65.7 Å². The summed E-state index contributed by atoms with van der Waals surface area (Å²) in [7, 11) is 1.58. The normalized spacial score (nSPS) is 11.4. The van der Waals surface area contributed by atoms with Crippen molar-refractivity contribution >= 4 is 11.6 Å². The van der Waals surface area contributed by atoms with E-state index < -0.39 is 17.6 Å². The van der Waals surface area contributed by atoms with Crippen LogP contribution >= 0.6 is 0 Å². The fourth-order valence-electron chi connectivity index (χ4n) is 3.31. The van der Waals surface area contributed by atoms with Crippen LogP contribution in [0.5, 0.6) is 0 Å². The number of carbonyl (C=O) groups is 1. The molecule has 0 fully saturated rings. The number of carbonyl (C=O) groups excluding carboxylic acids is 1. The maximum absolute atomic E-state index is 13.7. The first-order valence-corrected chi connectivity index (χ1v) is 9.34. The Bertz CT molecular complexity index is 1030. The number of ether oxygens (including phenoxy) is 2. The number of aryl methyl sites for hydroxylation is 1. The molecule has 0 saturated heterocycles. The number of rotatable bonds is 7. The van der Waals surface area contributed by atoms with Crippen molar-refractivity contribution in [1.82, 2.24) is 14.6 Å². The Morgan fingerprint density at radius 3 is 2.48 bits per heavy atom. The van der Waals surface area contributed by atoms with E-state index >= 15 is 0 Å². The summed E-state index contributed by atoms with van der Waals surface area (Å²) in [5.74, 6) is -1.91. The van der Waals surface area contributed by atoms with Crippen molar-refractivity contribution in [3.8, 4) is 11.3 Å². The van der Waals surface area contributed by atoms with Crippen molar-refractivity contribution in [3.63, 3.8) is 0 Å². The molecule has 0 N–H and O–H groups in total. The largest absolute Gasteiger partial charge is 0.462 e. The van der Waals surface area contributed by atoms with Crippen LogP contribution in [0.3, 0.4) is 0 Å². The lowest BCUT2D eigenvalue weighted by molar-refractivity contribution is 0.0466. The summed E-state index contributed by atoms with van der Waals surface area (Å²) in [6.07, 6.45) is 2.01. The van der Waals surface area contributed by atoms with Gasteiger partial charge in [-0.15, -0.1) is 0 Å². The molecule has 0 aliphatic heterocycles. The molecular weight excluding hydrogens is 380 g/mol. The van der Waals surface area contributed by atoms with E-state index in [1.54, 1.807) is 14.0 Å². The van der Waals surface area contributed by atoms with Crippen LogP contribution in [-0.4, -0.2) is 40.9 Å². The lowest BCUT2D eigenvalue weighted by Crippen LogP contribution is -2.14. The van der Waals surface area contributed by atoms with E-state index in [1.165, 1.54) is 22.8 Å². The number of benzene rings is 1. The average molecular weight is 403 g/mol. The molecule has 0 atom stereocenters. The lowest BCUT2D eigenvalue weighted by atomic mass is 10.00. The first kappa shape index (κ1) is 20.9. The Hall–Kier alpha value is -2.87. The number of hydrogen-bond donors (Lipinski definition) is 0. The molecule has 2 aromatic heterocycles. The Kier molecular flexibility index (Phi) is 6.22. The molecule has 0 amide bonds. The highest BCUT2D eigenvalue weighted by Gasteiger charge is 2.24. The SMILES string of the molecule is COCCCOC(=O)c1cnn2c(-c3cc(F)cc(F)c3)c(C)nc2c1C(C)C. The molecule has 0 unspecified atom stereocenters. The van der Waals surface area contributed by atoms with Crippen molar-refractivity contribution in [2.45, 2.75) is 33.1 Å². The maximum Gasteiger partial charge on any atom is 0.340 e. The summed E-state index contributed by atoms with van der Waals surface area (Å²) in [5.41, 5.74) is 2.80. The van der Waals surface area contributed by atoms with E-state index in [9.17, 15) is 13.6 Å². The minimum atomic E-state index is -0.685. The summed E-state index contributed by atoms with van der Waals surface area (Å²) in [6, 6.07) is 3.27. The summed E-state index contributed by atoms with van der Waals surface area (Å²) in [5, 5.41) is 4.33. The van der Waals surface area contributed by atoms with Crippen molar-refractivity contribution in [2.24, 2.45) is 0 Å². The van der Waals surface area contributed by atoms with Crippen LogP contribution in [0, 0.1) is 18.6 Å². The second-order valence-corrected chi connectivity index (χ2v) is 7.05. The third kappa shape index (κ3) is 4.27. The summed E-state index contributed by atoms with van der Waals surface area (Å²) >= 11 is 0. The standard InChI is InChI=1S/C21H23F2N3O3/c1-12(2)18-17(21(27)29-7-5-6-28-4)11-24-26-19(13(3)25-20(18)26)14-8-15(22)10-16(23)9-14/h8-12H,5-7H2,1-4H3. The minimum Gasteiger partial charge on any atom is -0.462 e. The smallest absolute Gasteiger partial charge is 0.340 e. The van der Waals surface area contributed by atoms with Crippen molar-refractivity contribution in [2.75, 3.05) is 20.3 Å². The highest BCUT2D eigenvalue weighted by molar-refractivity contribution is 5.93. The van der Waals surface area contributed by atoms with Gasteiger partial charge in [0.1, 0.15) is 11.6 Å². The number of methoxy groups -OCH3 is 1. The number of imidazole rings is 1. The van der Waals surface area contributed by atoms with E-state index in [2.05, 4.69) is 10.1 Å². The number of esters is 1. The number of hydrogen-bond acceptors (Lipinski definition) is 5. The van der Waals surface area contributed by atoms with Crippen molar-refractivity contribution in [3.05, 3.63) is 52.9 Å². The predicted octanol–water partition coefficient (Wildman–Crippen LogP) is 4.30. The average Bonchev–Trinajstić information content (AvgIpc) is 2.98. The van der Waals surface area contributed by atoms with Crippen molar-refractivity contribution < 1.29 is 23.0 Å².